The molecule has 1 heterocycles. The van der Waals surface area contributed by atoms with E-state index in [4.69, 9.17) is 5.11 Å². The van der Waals surface area contributed by atoms with Gasteiger partial charge in [0.1, 0.15) is 0 Å². The Morgan fingerprint density at radius 3 is 2.47 bits per heavy atom. The molecular weight excluding hydrogens is 240 g/mol. The van der Waals surface area contributed by atoms with Crippen LogP contribution in [0.4, 0.5) is 5.69 Å². The minimum atomic E-state index is -0.712. The number of aromatic nitrogens is 1. The largest absolute Gasteiger partial charge is 0.481 e. The van der Waals surface area contributed by atoms with E-state index in [0.717, 1.165) is 25.1 Å². The second kappa shape index (κ2) is 7.12. The average Bonchev–Trinajstić information content (AvgIpc) is 2.33. The zero-order chi connectivity index (χ0) is 14.3. The molecule has 0 fully saturated rings. The first-order chi connectivity index (χ1) is 8.89. The Hall–Kier alpha value is -1.58. The number of carboxylic acids is 1. The van der Waals surface area contributed by atoms with Gasteiger partial charge in [-0.05, 0) is 36.3 Å². The summed E-state index contributed by atoms with van der Waals surface area (Å²) >= 11 is 0. The lowest BCUT2D eigenvalue weighted by atomic mass is 9.76. The molecule has 0 aliphatic carbocycles. The third kappa shape index (κ3) is 6.22. The molecule has 106 valence electrons. The fourth-order valence-corrected chi connectivity index (χ4v) is 2.17. The number of carbonyl (C=O) groups is 1. The molecule has 0 radical (unpaired) electrons. The minimum Gasteiger partial charge on any atom is -0.481 e. The maximum absolute atomic E-state index is 10.7. The van der Waals surface area contributed by atoms with E-state index < -0.39 is 5.97 Å². The van der Waals surface area contributed by atoms with Crippen molar-refractivity contribution in [2.75, 3.05) is 11.9 Å². The Kier molecular flexibility index (Phi) is 5.80. The molecule has 4 nitrogen and oxygen atoms in total. The molecule has 1 rings (SSSR count). The van der Waals surface area contributed by atoms with Gasteiger partial charge in [-0.3, -0.25) is 9.78 Å². The number of hydrogen-bond acceptors (Lipinski definition) is 3. The first-order valence-electron chi connectivity index (χ1n) is 6.75. The maximum atomic E-state index is 10.7. The maximum Gasteiger partial charge on any atom is 0.303 e. The lowest BCUT2D eigenvalue weighted by Crippen LogP contribution is -2.24. The van der Waals surface area contributed by atoms with Gasteiger partial charge in [0.25, 0.3) is 0 Å². The van der Waals surface area contributed by atoms with Crippen molar-refractivity contribution < 1.29 is 9.90 Å². The van der Waals surface area contributed by atoms with E-state index >= 15 is 0 Å². The van der Waals surface area contributed by atoms with Crippen molar-refractivity contribution >= 4 is 11.7 Å². The standard InChI is InChI=1S/C15H24N2O2/c1-15(2,3)12(4-5-14(18)19)6-11-17-13-7-9-16-10-8-13/h7-10,12H,4-6,11H2,1-3H3,(H,16,17)(H,18,19). The van der Waals surface area contributed by atoms with Gasteiger partial charge in [-0.1, -0.05) is 20.8 Å². The predicted octanol–water partition coefficient (Wildman–Crippen LogP) is 3.41. The fraction of sp³-hybridized carbons (Fsp3) is 0.600. The molecule has 0 bridgehead atoms. The Morgan fingerprint density at radius 1 is 1.32 bits per heavy atom. The number of pyridine rings is 1. The van der Waals surface area contributed by atoms with Crippen molar-refractivity contribution in [2.24, 2.45) is 11.3 Å². The first kappa shape index (κ1) is 15.5. The number of carboxylic acid groups (broad SMARTS) is 1. The van der Waals surface area contributed by atoms with Crippen LogP contribution in [-0.2, 0) is 4.79 Å². The van der Waals surface area contributed by atoms with Gasteiger partial charge in [-0.25, -0.2) is 0 Å². The summed E-state index contributed by atoms with van der Waals surface area (Å²) in [5, 5.41) is 12.2. The van der Waals surface area contributed by atoms with Gasteiger partial charge >= 0.3 is 5.97 Å². The SMILES string of the molecule is CC(C)(C)C(CCNc1ccncc1)CCC(=O)O. The highest BCUT2D eigenvalue weighted by atomic mass is 16.4. The van der Waals surface area contributed by atoms with Gasteiger partial charge in [0, 0.05) is 31.0 Å². The van der Waals surface area contributed by atoms with E-state index in [1.165, 1.54) is 0 Å². The summed E-state index contributed by atoms with van der Waals surface area (Å²) in [4.78, 5) is 14.7. The highest BCUT2D eigenvalue weighted by molar-refractivity contribution is 5.66. The third-order valence-electron chi connectivity index (χ3n) is 3.43. The number of nitrogens with one attached hydrogen (secondary N) is 1. The van der Waals surface area contributed by atoms with Crippen LogP contribution >= 0.6 is 0 Å². The highest BCUT2D eigenvalue weighted by Crippen LogP contribution is 2.32. The van der Waals surface area contributed by atoms with Gasteiger partial charge < -0.3 is 10.4 Å². The van der Waals surface area contributed by atoms with Crippen molar-refractivity contribution in [3.63, 3.8) is 0 Å². The van der Waals surface area contributed by atoms with Crippen LogP contribution in [0.3, 0.4) is 0 Å². The highest BCUT2D eigenvalue weighted by Gasteiger charge is 2.24. The van der Waals surface area contributed by atoms with Crippen molar-refractivity contribution in [3.05, 3.63) is 24.5 Å². The molecule has 19 heavy (non-hydrogen) atoms. The lowest BCUT2D eigenvalue weighted by Gasteiger charge is -2.30. The lowest BCUT2D eigenvalue weighted by molar-refractivity contribution is -0.137. The van der Waals surface area contributed by atoms with Crippen molar-refractivity contribution in [1.29, 1.82) is 0 Å². The molecule has 1 aromatic rings. The summed E-state index contributed by atoms with van der Waals surface area (Å²) < 4.78 is 0. The fourth-order valence-electron chi connectivity index (χ4n) is 2.17. The number of aliphatic carboxylic acids is 1. The number of anilines is 1. The zero-order valence-corrected chi connectivity index (χ0v) is 12.0. The molecule has 0 saturated heterocycles. The summed E-state index contributed by atoms with van der Waals surface area (Å²) in [5.74, 6) is -0.311. The Labute approximate surface area is 115 Å². The van der Waals surface area contributed by atoms with Crippen molar-refractivity contribution in [2.45, 2.75) is 40.0 Å². The second-order valence-corrected chi connectivity index (χ2v) is 5.95. The predicted molar refractivity (Wildman–Crippen MR) is 77.2 cm³/mol. The van der Waals surface area contributed by atoms with Gasteiger partial charge in [-0.15, -0.1) is 0 Å². The first-order valence-corrected chi connectivity index (χ1v) is 6.75. The Bertz CT molecular complexity index is 385. The van der Waals surface area contributed by atoms with Crippen molar-refractivity contribution in [1.82, 2.24) is 4.98 Å². The monoisotopic (exact) mass is 264 g/mol. The van der Waals surface area contributed by atoms with Crippen LogP contribution < -0.4 is 5.32 Å². The van der Waals surface area contributed by atoms with Crippen LogP contribution in [0, 0.1) is 11.3 Å². The summed E-state index contributed by atoms with van der Waals surface area (Å²) in [7, 11) is 0. The number of rotatable bonds is 7. The summed E-state index contributed by atoms with van der Waals surface area (Å²) in [5.41, 5.74) is 1.19. The van der Waals surface area contributed by atoms with E-state index in [1.807, 2.05) is 12.1 Å². The van der Waals surface area contributed by atoms with Gasteiger partial charge in [-0.2, -0.15) is 0 Å². The Morgan fingerprint density at radius 2 is 1.95 bits per heavy atom. The molecule has 0 spiro atoms. The van der Waals surface area contributed by atoms with Crippen LogP contribution in [0.1, 0.15) is 40.0 Å². The topological polar surface area (TPSA) is 62.2 Å². The van der Waals surface area contributed by atoms with E-state index in [9.17, 15) is 4.79 Å². The summed E-state index contributed by atoms with van der Waals surface area (Å²) in [6.07, 6.45) is 5.47. The second-order valence-electron chi connectivity index (χ2n) is 5.95. The number of nitrogens with zero attached hydrogens (tertiary/aromatic N) is 1. The van der Waals surface area contributed by atoms with Crippen LogP contribution in [0.2, 0.25) is 0 Å². The van der Waals surface area contributed by atoms with E-state index in [2.05, 4.69) is 31.1 Å². The molecule has 2 N–H and O–H groups in total. The molecular formula is C15H24N2O2. The average molecular weight is 264 g/mol. The van der Waals surface area contributed by atoms with Crippen LogP contribution in [0.5, 0.6) is 0 Å². The van der Waals surface area contributed by atoms with Crippen LogP contribution in [0.15, 0.2) is 24.5 Å². The summed E-state index contributed by atoms with van der Waals surface area (Å²) in [6, 6.07) is 3.87. The smallest absolute Gasteiger partial charge is 0.303 e. The quantitative estimate of drug-likeness (QED) is 0.792. The van der Waals surface area contributed by atoms with Gasteiger partial charge in [0.2, 0.25) is 0 Å². The minimum absolute atomic E-state index is 0.134. The molecule has 0 aliphatic heterocycles. The summed E-state index contributed by atoms with van der Waals surface area (Å²) in [6.45, 7) is 7.37. The molecule has 0 amide bonds. The van der Waals surface area contributed by atoms with E-state index in [0.29, 0.717) is 5.92 Å². The molecule has 4 heteroatoms. The zero-order valence-electron chi connectivity index (χ0n) is 12.0. The van der Waals surface area contributed by atoms with E-state index in [1.54, 1.807) is 12.4 Å². The van der Waals surface area contributed by atoms with Crippen LogP contribution in [0.25, 0.3) is 0 Å². The molecule has 0 aromatic carbocycles. The van der Waals surface area contributed by atoms with Crippen molar-refractivity contribution in [3.8, 4) is 0 Å². The number of hydrogen-bond donors (Lipinski definition) is 2. The van der Waals surface area contributed by atoms with Gasteiger partial charge in [0.15, 0.2) is 0 Å². The van der Waals surface area contributed by atoms with Crippen LogP contribution in [-0.4, -0.2) is 22.6 Å². The molecule has 0 saturated carbocycles. The molecule has 1 atom stereocenters. The van der Waals surface area contributed by atoms with Gasteiger partial charge in [0.05, 0.1) is 0 Å². The molecule has 0 aliphatic rings. The Balaban J connectivity index is 2.42. The normalized spacial score (nSPS) is 13.0. The molecule has 1 aromatic heterocycles. The third-order valence-corrected chi connectivity index (χ3v) is 3.43. The molecule has 1 unspecified atom stereocenters. The van der Waals surface area contributed by atoms with E-state index in [-0.39, 0.29) is 11.8 Å².